The lowest BCUT2D eigenvalue weighted by Crippen LogP contribution is -2.35. The molecule has 0 spiro atoms. The Morgan fingerprint density at radius 2 is 1.70 bits per heavy atom. The molecule has 0 aliphatic heterocycles. The summed E-state index contributed by atoms with van der Waals surface area (Å²) >= 11 is 0. The molecule has 0 aliphatic rings. The maximum atomic E-state index is 12.4. The average molecular weight is 391 g/mol. The van der Waals surface area contributed by atoms with E-state index in [1.807, 2.05) is 24.3 Å². The fourth-order valence-corrected chi connectivity index (χ4v) is 3.88. The van der Waals surface area contributed by atoms with Crippen LogP contribution in [-0.2, 0) is 21.2 Å². The Balaban J connectivity index is 2.04. The molecule has 27 heavy (non-hydrogen) atoms. The Morgan fingerprint density at radius 3 is 2.26 bits per heavy atom. The zero-order chi connectivity index (χ0) is 19.9. The van der Waals surface area contributed by atoms with E-state index in [0.29, 0.717) is 11.3 Å². The molecule has 2 aromatic carbocycles. The molecule has 1 atom stereocenters. The topological polar surface area (TPSA) is 84.5 Å². The number of hydrogen-bond acceptors (Lipinski definition) is 4. The Hall–Kier alpha value is -2.22. The molecule has 146 valence electrons. The lowest BCUT2D eigenvalue weighted by molar-refractivity contribution is 0.102. The number of carbonyl (C=O) groups excluding carboxylic acids is 1. The first-order valence-corrected chi connectivity index (χ1v) is 10.4. The molecule has 1 amide bonds. The Labute approximate surface area is 161 Å². The van der Waals surface area contributed by atoms with Crippen molar-refractivity contribution >= 4 is 21.6 Å². The predicted molar refractivity (Wildman–Crippen MR) is 106 cm³/mol. The lowest BCUT2D eigenvalue weighted by Gasteiger charge is -2.13. The van der Waals surface area contributed by atoms with Gasteiger partial charge in [0.15, 0.2) is 0 Å². The number of aryl methyl sites for hydroxylation is 1. The molecular weight excluding hydrogens is 364 g/mol. The molecule has 0 aromatic heterocycles. The molecule has 2 aromatic rings. The zero-order valence-electron chi connectivity index (χ0n) is 15.9. The summed E-state index contributed by atoms with van der Waals surface area (Å²) in [4.78, 5) is 12.5. The van der Waals surface area contributed by atoms with Gasteiger partial charge in [-0.3, -0.25) is 4.79 Å². The fourth-order valence-electron chi connectivity index (χ4n) is 2.65. The van der Waals surface area contributed by atoms with Crippen molar-refractivity contribution in [3.05, 3.63) is 59.7 Å². The molecule has 0 saturated heterocycles. The van der Waals surface area contributed by atoms with E-state index in [1.54, 1.807) is 6.92 Å². The van der Waals surface area contributed by atoms with E-state index >= 15 is 0 Å². The zero-order valence-corrected chi connectivity index (χ0v) is 16.7. The van der Waals surface area contributed by atoms with Crippen molar-refractivity contribution in [3.8, 4) is 0 Å². The van der Waals surface area contributed by atoms with Gasteiger partial charge in [-0.05, 0) is 55.3 Å². The molecule has 0 saturated carbocycles. The summed E-state index contributed by atoms with van der Waals surface area (Å²) in [5.41, 5.74) is 2.31. The van der Waals surface area contributed by atoms with Crippen LogP contribution in [0.15, 0.2) is 53.4 Å². The Kier molecular flexibility index (Phi) is 7.53. The van der Waals surface area contributed by atoms with Crippen LogP contribution in [0.1, 0.15) is 36.2 Å². The second kappa shape index (κ2) is 9.64. The molecule has 7 heteroatoms. The van der Waals surface area contributed by atoms with Gasteiger partial charge in [0.05, 0.1) is 11.5 Å². The molecular formula is C20H26N2O4S. The van der Waals surface area contributed by atoms with Crippen LogP contribution in [0.4, 0.5) is 5.69 Å². The highest BCUT2D eigenvalue weighted by atomic mass is 32.2. The third kappa shape index (κ3) is 6.16. The monoisotopic (exact) mass is 390 g/mol. The van der Waals surface area contributed by atoms with Gasteiger partial charge in [-0.2, -0.15) is 0 Å². The van der Waals surface area contributed by atoms with Gasteiger partial charge in [-0.15, -0.1) is 0 Å². The minimum Gasteiger partial charge on any atom is -0.383 e. The van der Waals surface area contributed by atoms with Gasteiger partial charge in [0, 0.05) is 24.4 Å². The summed E-state index contributed by atoms with van der Waals surface area (Å²) in [6.45, 7) is 4.11. The summed E-state index contributed by atoms with van der Waals surface area (Å²) in [7, 11) is -2.15. The molecule has 0 fully saturated rings. The van der Waals surface area contributed by atoms with Crippen LogP contribution < -0.4 is 10.0 Å². The number of ether oxygens (including phenoxy) is 1. The quantitative estimate of drug-likeness (QED) is 0.689. The molecule has 0 unspecified atom stereocenters. The first-order valence-electron chi connectivity index (χ1n) is 8.87. The van der Waals surface area contributed by atoms with E-state index in [2.05, 4.69) is 17.0 Å². The van der Waals surface area contributed by atoms with Crippen LogP contribution in [0, 0.1) is 0 Å². The second-order valence-electron chi connectivity index (χ2n) is 6.40. The molecule has 0 bridgehead atoms. The van der Waals surface area contributed by atoms with Crippen molar-refractivity contribution in [2.75, 3.05) is 19.0 Å². The van der Waals surface area contributed by atoms with Crippen molar-refractivity contribution in [2.45, 2.75) is 37.6 Å². The first kappa shape index (κ1) is 21.1. The van der Waals surface area contributed by atoms with E-state index in [4.69, 9.17) is 4.74 Å². The van der Waals surface area contributed by atoms with Gasteiger partial charge in [0.2, 0.25) is 10.0 Å². The van der Waals surface area contributed by atoms with Gasteiger partial charge < -0.3 is 10.1 Å². The number of rotatable bonds is 9. The molecule has 2 N–H and O–H groups in total. The molecule has 0 radical (unpaired) electrons. The van der Waals surface area contributed by atoms with Crippen LogP contribution in [0.3, 0.4) is 0 Å². The third-order valence-corrected chi connectivity index (χ3v) is 5.56. The highest BCUT2D eigenvalue weighted by Crippen LogP contribution is 2.15. The SMILES string of the molecule is CCCc1ccc(NC(=O)c2ccc(S(=O)(=O)N[C@@H](C)COC)cc2)cc1. The summed E-state index contributed by atoms with van der Waals surface area (Å²) in [6.07, 6.45) is 2.07. The number of hydrogen-bond donors (Lipinski definition) is 2. The van der Waals surface area contributed by atoms with Gasteiger partial charge in [0.25, 0.3) is 5.91 Å². The van der Waals surface area contributed by atoms with Crippen LogP contribution in [0.25, 0.3) is 0 Å². The number of nitrogens with one attached hydrogen (secondary N) is 2. The lowest BCUT2D eigenvalue weighted by atomic mass is 10.1. The van der Waals surface area contributed by atoms with Crippen molar-refractivity contribution < 1.29 is 17.9 Å². The van der Waals surface area contributed by atoms with Crippen molar-refractivity contribution in [3.63, 3.8) is 0 Å². The summed E-state index contributed by atoms with van der Waals surface area (Å²) < 4.78 is 32.1. The maximum absolute atomic E-state index is 12.4. The fraction of sp³-hybridized carbons (Fsp3) is 0.350. The average Bonchev–Trinajstić information content (AvgIpc) is 2.63. The Morgan fingerprint density at radius 1 is 1.07 bits per heavy atom. The van der Waals surface area contributed by atoms with E-state index < -0.39 is 10.0 Å². The van der Waals surface area contributed by atoms with E-state index in [1.165, 1.54) is 36.9 Å². The number of anilines is 1. The van der Waals surface area contributed by atoms with Gasteiger partial charge in [0.1, 0.15) is 0 Å². The van der Waals surface area contributed by atoms with Crippen LogP contribution in [0.5, 0.6) is 0 Å². The minimum atomic E-state index is -3.66. The second-order valence-corrected chi connectivity index (χ2v) is 8.12. The van der Waals surface area contributed by atoms with Crippen molar-refractivity contribution in [2.24, 2.45) is 0 Å². The maximum Gasteiger partial charge on any atom is 0.255 e. The largest absolute Gasteiger partial charge is 0.383 e. The van der Waals surface area contributed by atoms with Gasteiger partial charge in [-0.1, -0.05) is 25.5 Å². The highest BCUT2D eigenvalue weighted by molar-refractivity contribution is 7.89. The highest BCUT2D eigenvalue weighted by Gasteiger charge is 2.18. The number of methoxy groups -OCH3 is 1. The number of benzene rings is 2. The van der Waals surface area contributed by atoms with Gasteiger partial charge >= 0.3 is 0 Å². The first-order chi connectivity index (χ1) is 12.9. The van der Waals surface area contributed by atoms with Crippen molar-refractivity contribution in [1.29, 1.82) is 0 Å². The summed E-state index contributed by atoms with van der Waals surface area (Å²) in [6, 6.07) is 13.2. The Bertz CT molecular complexity index is 847. The smallest absolute Gasteiger partial charge is 0.255 e. The number of sulfonamides is 1. The third-order valence-electron chi connectivity index (χ3n) is 3.95. The number of carbonyl (C=O) groups is 1. The number of amides is 1. The van der Waals surface area contributed by atoms with Crippen LogP contribution in [0.2, 0.25) is 0 Å². The standard InChI is InChI=1S/C20H26N2O4S/c1-4-5-16-6-10-18(11-7-16)21-20(23)17-8-12-19(13-9-17)27(24,25)22-15(2)14-26-3/h6-13,15,22H,4-5,14H2,1-3H3,(H,21,23)/t15-/m0/s1. The summed E-state index contributed by atoms with van der Waals surface area (Å²) in [5.74, 6) is -0.289. The minimum absolute atomic E-state index is 0.103. The van der Waals surface area contributed by atoms with E-state index in [0.717, 1.165) is 12.8 Å². The molecule has 0 heterocycles. The van der Waals surface area contributed by atoms with Crippen LogP contribution >= 0.6 is 0 Å². The molecule has 0 aliphatic carbocycles. The predicted octanol–water partition coefficient (Wildman–Crippen LogP) is 3.20. The molecule has 2 rings (SSSR count). The normalized spacial score (nSPS) is 12.6. The van der Waals surface area contributed by atoms with Gasteiger partial charge in [-0.25, -0.2) is 13.1 Å². The molecule has 6 nitrogen and oxygen atoms in total. The summed E-state index contributed by atoms with van der Waals surface area (Å²) in [5, 5.41) is 2.81. The van der Waals surface area contributed by atoms with Crippen molar-refractivity contribution in [1.82, 2.24) is 4.72 Å². The van der Waals surface area contributed by atoms with Crippen LogP contribution in [-0.4, -0.2) is 34.1 Å². The van der Waals surface area contributed by atoms with E-state index in [9.17, 15) is 13.2 Å². The van der Waals surface area contributed by atoms with E-state index in [-0.39, 0.29) is 23.5 Å².